The Morgan fingerprint density at radius 1 is 1.00 bits per heavy atom. The van der Waals surface area contributed by atoms with Crippen LogP contribution in [-0.4, -0.2) is 71.4 Å². The van der Waals surface area contributed by atoms with Crippen molar-refractivity contribution in [2.24, 2.45) is 0 Å². The van der Waals surface area contributed by atoms with Crippen molar-refractivity contribution < 1.29 is 27.8 Å². The third-order valence-electron chi connectivity index (χ3n) is 7.02. The van der Waals surface area contributed by atoms with Crippen LogP contribution in [0, 0.1) is 0 Å². The molecule has 0 aromatic heterocycles. The summed E-state index contributed by atoms with van der Waals surface area (Å²) in [5.74, 6) is -0.120. The van der Waals surface area contributed by atoms with E-state index in [-0.39, 0.29) is 23.6 Å². The number of alkyl halides is 3. The normalized spacial score (nSPS) is 24.0. The molecule has 2 saturated heterocycles. The van der Waals surface area contributed by atoms with Gasteiger partial charge in [0, 0.05) is 50.0 Å². The molecule has 2 heterocycles. The minimum absolute atomic E-state index is 0.120. The lowest BCUT2D eigenvalue weighted by Crippen LogP contribution is -2.51. The fraction of sp³-hybridized carbons (Fsp3) is 0.696. The van der Waals surface area contributed by atoms with E-state index >= 15 is 0 Å². The number of halogens is 3. The van der Waals surface area contributed by atoms with Gasteiger partial charge < -0.3 is 19.6 Å². The first kappa shape index (κ1) is 22.6. The van der Waals surface area contributed by atoms with Gasteiger partial charge in [-0.05, 0) is 63.1 Å². The van der Waals surface area contributed by atoms with Crippen molar-refractivity contribution in [3.05, 3.63) is 35.4 Å². The standard InChI is InChI=1S/C23H31F3N2O3/c1-22(30,23(24,25)26)17-4-2-16(3-5-17)21(29)28(19-6-7-19)20-8-12-27(13-9-20)18-10-14-31-15-11-18/h2-5,18-20,30H,6-15H2,1H3. The van der Waals surface area contributed by atoms with Crippen LogP contribution >= 0.6 is 0 Å². The molecule has 4 rings (SSSR count). The molecular formula is C23H31F3N2O3. The van der Waals surface area contributed by atoms with Crippen LogP contribution in [0.25, 0.3) is 0 Å². The molecule has 1 amide bonds. The summed E-state index contributed by atoms with van der Waals surface area (Å²) in [5, 5.41) is 9.86. The Hall–Kier alpha value is -1.64. The summed E-state index contributed by atoms with van der Waals surface area (Å²) in [5.41, 5.74) is -2.83. The van der Waals surface area contributed by atoms with Crippen molar-refractivity contribution in [1.82, 2.24) is 9.80 Å². The number of carbonyl (C=O) groups is 1. The van der Waals surface area contributed by atoms with Crippen LogP contribution in [0.2, 0.25) is 0 Å². The molecule has 1 unspecified atom stereocenters. The number of rotatable bonds is 5. The van der Waals surface area contributed by atoms with E-state index in [1.165, 1.54) is 24.3 Å². The Balaban J connectivity index is 1.43. The number of likely N-dealkylation sites (tertiary alicyclic amines) is 1. The molecule has 1 aromatic rings. The summed E-state index contributed by atoms with van der Waals surface area (Å²) >= 11 is 0. The van der Waals surface area contributed by atoms with E-state index in [2.05, 4.69) is 4.90 Å². The molecule has 3 fully saturated rings. The van der Waals surface area contributed by atoms with Gasteiger partial charge in [0.15, 0.2) is 5.60 Å². The van der Waals surface area contributed by atoms with Crippen LogP contribution in [-0.2, 0) is 10.3 Å². The van der Waals surface area contributed by atoms with Gasteiger partial charge >= 0.3 is 6.18 Å². The van der Waals surface area contributed by atoms with Crippen LogP contribution in [0.15, 0.2) is 24.3 Å². The molecule has 1 N–H and O–H groups in total. The maximum Gasteiger partial charge on any atom is 0.421 e. The number of benzene rings is 1. The molecule has 0 spiro atoms. The summed E-state index contributed by atoms with van der Waals surface area (Å²) < 4.78 is 44.7. The highest BCUT2D eigenvalue weighted by atomic mass is 19.4. The van der Waals surface area contributed by atoms with Crippen molar-refractivity contribution >= 4 is 5.91 Å². The van der Waals surface area contributed by atoms with Crippen molar-refractivity contribution in [2.45, 2.75) is 75.4 Å². The van der Waals surface area contributed by atoms with Crippen molar-refractivity contribution in [2.75, 3.05) is 26.3 Å². The molecule has 172 valence electrons. The Bertz CT molecular complexity index is 763. The van der Waals surface area contributed by atoms with Crippen LogP contribution in [0.5, 0.6) is 0 Å². The van der Waals surface area contributed by atoms with E-state index in [4.69, 9.17) is 4.74 Å². The Morgan fingerprint density at radius 3 is 2.06 bits per heavy atom. The van der Waals surface area contributed by atoms with Gasteiger partial charge in [-0.3, -0.25) is 4.79 Å². The zero-order valence-corrected chi connectivity index (χ0v) is 17.9. The van der Waals surface area contributed by atoms with Crippen LogP contribution in [0.1, 0.15) is 61.4 Å². The minimum Gasteiger partial charge on any atom is -0.381 e. The first-order valence-electron chi connectivity index (χ1n) is 11.2. The third-order valence-corrected chi connectivity index (χ3v) is 7.02. The van der Waals surface area contributed by atoms with E-state index in [1.54, 1.807) is 0 Å². The second-order valence-electron chi connectivity index (χ2n) is 9.20. The van der Waals surface area contributed by atoms with Crippen molar-refractivity contribution in [3.8, 4) is 0 Å². The van der Waals surface area contributed by atoms with E-state index in [9.17, 15) is 23.1 Å². The van der Waals surface area contributed by atoms with Gasteiger partial charge in [-0.2, -0.15) is 13.2 Å². The van der Waals surface area contributed by atoms with Crippen molar-refractivity contribution in [1.29, 1.82) is 0 Å². The lowest BCUT2D eigenvalue weighted by atomic mass is 9.94. The number of aliphatic hydroxyl groups is 1. The van der Waals surface area contributed by atoms with Crippen LogP contribution in [0.4, 0.5) is 13.2 Å². The fourth-order valence-electron chi connectivity index (χ4n) is 4.81. The second-order valence-corrected chi connectivity index (χ2v) is 9.20. The molecule has 0 bridgehead atoms. The molecule has 31 heavy (non-hydrogen) atoms. The van der Waals surface area contributed by atoms with Gasteiger partial charge in [-0.15, -0.1) is 0 Å². The maximum absolute atomic E-state index is 13.3. The Morgan fingerprint density at radius 2 is 1.55 bits per heavy atom. The monoisotopic (exact) mass is 440 g/mol. The molecule has 3 aliphatic rings. The third kappa shape index (κ3) is 4.76. The SMILES string of the molecule is CC(O)(c1ccc(C(=O)N(C2CC2)C2CCN(C3CCOCC3)CC2)cc1)C(F)(F)F. The maximum atomic E-state index is 13.3. The average molecular weight is 441 g/mol. The molecule has 1 atom stereocenters. The first-order chi connectivity index (χ1) is 14.7. The number of nitrogens with zero attached hydrogens (tertiary/aromatic N) is 2. The van der Waals surface area contributed by atoms with E-state index in [0.717, 1.165) is 71.8 Å². The molecule has 2 aliphatic heterocycles. The second kappa shape index (κ2) is 8.71. The highest BCUT2D eigenvalue weighted by Gasteiger charge is 2.51. The zero-order chi connectivity index (χ0) is 22.2. The Labute approximate surface area is 181 Å². The minimum atomic E-state index is -4.78. The lowest BCUT2D eigenvalue weighted by Gasteiger charge is -2.42. The molecular weight excluding hydrogens is 409 g/mol. The molecule has 1 saturated carbocycles. The van der Waals surface area contributed by atoms with Crippen LogP contribution in [0.3, 0.4) is 0 Å². The highest BCUT2D eigenvalue weighted by molar-refractivity contribution is 5.95. The first-order valence-corrected chi connectivity index (χ1v) is 11.2. The lowest BCUT2D eigenvalue weighted by molar-refractivity contribution is -0.258. The van der Waals surface area contributed by atoms with Gasteiger partial charge in [-0.1, -0.05) is 12.1 Å². The number of ether oxygens (including phenoxy) is 1. The molecule has 8 heteroatoms. The predicted molar refractivity (Wildman–Crippen MR) is 110 cm³/mol. The van der Waals surface area contributed by atoms with Gasteiger partial charge in [0.1, 0.15) is 0 Å². The zero-order valence-electron chi connectivity index (χ0n) is 17.9. The van der Waals surface area contributed by atoms with Crippen molar-refractivity contribution in [3.63, 3.8) is 0 Å². The summed E-state index contributed by atoms with van der Waals surface area (Å²) in [6, 6.07) is 6.18. The summed E-state index contributed by atoms with van der Waals surface area (Å²) in [7, 11) is 0. The molecule has 1 aliphatic carbocycles. The summed E-state index contributed by atoms with van der Waals surface area (Å²) in [6.07, 6.45) is 1.13. The Kier molecular flexibility index (Phi) is 6.34. The van der Waals surface area contributed by atoms with Gasteiger partial charge in [0.05, 0.1) is 0 Å². The topological polar surface area (TPSA) is 53.0 Å². The number of carbonyl (C=O) groups excluding carboxylic acids is 1. The average Bonchev–Trinajstić information content (AvgIpc) is 3.59. The fourth-order valence-corrected chi connectivity index (χ4v) is 4.81. The van der Waals surface area contributed by atoms with Gasteiger partial charge in [-0.25, -0.2) is 0 Å². The van der Waals surface area contributed by atoms with E-state index in [0.29, 0.717) is 11.6 Å². The largest absolute Gasteiger partial charge is 0.421 e. The molecule has 5 nitrogen and oxygen atoms in total. The summed E-state index contributed by atoms with van der Waals surface area (Å²) in [4.78, 5) is 17.8. The summed E-state index contributed by atoms with van der Waals surface area (Å²) in [6.45, 7) is 4.27. The van der Waals surface area contributed by atoms with Gasteiger partial charge in [0.2, 0.25) is 0 Å². The van der Waals surface area contributed by atoms with E-state index in [1.807, 2.05) is 4.90 Å². The van der Waals surface area contributed by atoms with Crippen LogP contribution < -0.4 is 0 Å². The quantitative estimate of drug-likeness (QED) is 0.759. The number of piperidine rings is 1. The number of amides is 1. The predicted octanol–water partition coefficient (Wildman–Crippen LogP) is 3.70. The number of hydrogen-bond acceptors (Lipinski definition) is 4. The molecule has 1 aromatic carbocycles. The van der Waals surface area contributed by atoms with E-state index < -0.39 is 11.8 Å². The van der Waals surface area contributed by atoms with Gasteiger partial charge in [0.25, 0.3) is 5.91 Å². The number of hydrogen-bond donors (Lipinski definition) is 1. The highest BCUT2D eigenvalue weighted by Crippen LogP contribution is 2.39. The molecule has 0 radical (unpaired) electrons. The smallest absolute Gasteiger partial charge is 0.381 e.